The number of hydrogen-bond donors (Lipinski definition) is 2. The molecule has 1 aromatic heterocycles. The van der Waals surface area contributed by atoms with Gasteiger partial charge in [0, 0.05) is 12.3 Å². The number of ether oxygens (including phenoxy) is 1. The van der Waals surface area contributed by atoms with E-state index in [1.807, 2.05) is 19.1 Å². The molecule has 2 unspecified atom stereocenters. The highest BCUT2D eigenvalue weighted by atomic mass is 32.1. The fraction of sp³-hybridized carbons (Fsp3) is 0.385. The van der Waals surface area contributed by atoms with Crippen molar-refractivity contribution in [3.63, 3.8) is 0 Å². The van der Waals surface area contributed by atoms with Gasteiger partial charge in [0.05, 0.1) is 10.2 Å². The number of carbonyl (C=O) groups is 1. The minimum Gasteiger partial charge on any atom is -0.399 e. The van der Waals surface area contributed by atoms with Crippen LogP contribution in [-0.4, -0.2) is 23.6 Å². The van der Waals surface area contributed by atoms with Crippen molar-refractivity contribution < 1.29 is 9.53 Å². The smallest absolute Gasteiger partial charge is 0.255 e. The molecule has 1 aliphatic heterocycles. The van der Waals surface area contributed by atoms with Gasteiger partial charge in [-0.2, -0.15) is 0 Å². The van der Waals surface area contributed by atoms with Gasteiger partial charge in [-0.15, -0.1) is 0 Å². The lowest BCUT2D eigenvalue weighted by molar-refractivity contribution is -0.126. The monoisotopic (exact) mass is 277 g/mol. The molecule has 0 spiro atoms. The van der Waals surface area contributed by atoms with Crippen molar-refractivity contribution in [2.75, 3.05) is 17.7 Å². The van der Waals surface area contributed by atoms with Gasteiger partial charge in [0.25, 0.3) is 5.91 Å². The standard InChI is InChI=1S/C13H15N3O2S/c1-7-4-5-18-11(7)12(17)16-13-15-9-3-2-8(14)6-10(9)19-13/h2-3,6-7,11H,4-5,14H2,1H3,(H,15,16,17). The molecular formula is C13H15N3O2S. The number of carbonyl (C=O) groups excluding carboxylic acids is 1. The highest BCUT2D eigenvalue weighted by Gasteiger charge is 2.31. The molecular weight excluding hydrogens is 262 g/mol. The summed E-state index contributed by atoms with van der Waals surface area (Å²) in [6.07, 6.45) is 0.561. The second-order valence-electron chi connectivity index (χ2n) is 4.79. The lowest BCUT2D eigenvalue weighted by atomic mass is 10.0. The van der Waals surface area contributed by atoms with E-state index < -0.39 is 0 Å². The van der Waals surface area contributed by atoms with Gasteiger partial charge in [0.15, 0.2) is 5.13 Å². The number of rotatable bonds is 2. The summed E-state index contributed by atoms with van der Waals surface area (Å²) in [4.78, 5) is 16.4. The third-order valence-corrected chi connectivity index (χ3v) is 4.22. The van der Waals surface area contributed by atoms with Crippen molar-refractivity contribution in [2.45, 2.75) is 19.4 Å². The van der Waals surface area contributed by atoms with Crippen LogP contribution in [0.2, 0.25) is 0 Å². The summed E-state index contributed by atoms with van der Waals surface area (Å²) in [5.74, 6) is 0.141. The SMILES string of the molecule is CC1CCOC1C(=O)Nc1nc2ccc(N)cc2s1. The molecule has 1 fully saturated rings. The molecule has 6 heteroatoms. The van der Waals surface area contributed by atoms with Crippen molar-refractivity contribution in [1.82, 2.24) is 4.98 Å². The first kappa shape index (κ1) is 12.4. The molecule has 100 valence electrons. The third kappa shape index (κ3) is 2.41. The Morgan fingerprint density at radius 1 is 1.58 bits per heavy atom. The number of aromatic nitrogens is 1. The molecule has 1 aromatic carbocycles. The summed E-state index contributed by atoms with van der Waals surface area (Å²) in [6, 6.07) is 5.51. The maximum absolute atomic E-state index is 12.1. The number of nitrogen functional groups attached to an aromatic ring is 1. The molecule has 3 rings (SSSR count). The van der Waals surface area contributed by atoms with Crippen LogP contribution in [0.25, 0.3) is 10.2 Å². The van der Waals surface area contributed by atoms with Crippen LogP contribution in [0.3, 0.4) is 0 Å². The van der Waals surface area contributed by atoms with Crippen molar-refractivity contribution in [3.8, 4) is 0 Å². The van der Waals surface area contributed by atoms with E-state index >= 15 is 0 Å². The normalized spacial score (nSPS) is 22.8. The third-order valence-electron chi connectivity index (χ3n) is 3.29. The summed E-state index contributed by atoms with van der Waals surface area (Å²) < 4.78 is 6.41. The molecule has 2 heterocycles. The average Bonchev–Trinajstić information content (AvgIpc) is 2.94. The zero-order valence-corrected chi connectivity index (χ0v) is 11.4. The van der Waals surface area contributed by atoms with Gasteiger partial charge in [-0.1, -0.05) is 18.3 Å². The summed E-state index contributed by atoms with van der Waals surface area (Å²) >= 11 is 1.42. The Labute approximate surface area is 114 Å². The molecule has 0 bridgehead atoms. The lowest BCUT2D eigenvalue weighted by Crippen LogP contribution is -2.31. The van der Waals surface area contributed by atoms with Gasteiger partial charge in [-0.25, -0.2) is 4.98 Å². The topological polar surface area (TPSA) is 77.2 Å². The van der Waals surface area contributed by atoms with Gasteiger partial charge < -0.3 is 10.5 Å². The predicted molar refractivity (Wildman–Crippen MR) is 76.2 cm³/mol. The summed E-state index contributed by atoms with van der Waals surface area (Å²) in [6.45, 7) is 2.67. The molecule has 0 saturated carbocycles. The Bertz CT molecular complexity index is 625. The Kier molecular flexibility index (Phi) is 3.12. The number of nitrogens with zero attached hydrogens (tertiary/aromatic N) is 1. The second-order valence-corrected chi connectivity index (χ2v) is 5.82. The van der Waals surface area contributed by atoms with E-state index in [4.69, 9.17) is 10.5 Å². The van der Waals surface area contributed by atoms with Crippen molar-refractivity contribution in [1.29, 1.82) is 0 Å². The quantitative estimate of drug-likeness (QED) is 0.825. The van der Waals surface area contributed by atoms with Crippen LogP contribution >= 0.6 is 11.3 Å². The van der Waals surface area contributed by atoms with Crippen LogP contribution < -0.4 is 11.1 Å². The van der Waals surface area contributed by atoms with Crippen molar-refractivity contribution >= 4 is 38.3 Å². The van der Waals surface area contributed by atoms with Crippen molar-refractivity contribution in [2.24, 2.45) is 5.92 Å². The predicted octanol–water partition coefficient (Wildman–Crippen LogP) is 2.24. The van der Waals surface area contributed by atoms with E-state index in [-0.39, 0.29) is 17.9 Å². The first-order chi connectivity index (χ1) is 9.13. The fourth-order valence-corrected chi connectivity index (χ4v) is 3.12. The number of thiazole rings is 1. The number of hydrogen-bond acceptors (Lipinski definition) is 5. The zero-order valence-electron chi connectivity index (χ0n) is 10.6. The van der Waals surface area contributed by atoms with Gasteiger partial charge >= 0.3 is 0 Å². The van der Waals surface area contributed by atoms with Crippen LogP contribution in [0, 0.1) is 5.92 Å². The van der Waals surface area contributed by atoms with E-state index in [1.54, 1.807) is 6.07 Å². The van der Waals surface area contributed by atoms with E-state index in [1.165, 1.54) is 11.3 Å². The molecule has 3 N–H and O–H groups in total. The Morgan fingerprint density at radius 2 is 2.42 bits per heavy atom. The molecule has 1 aliphatic rings. The van der Waals surface area contributed by atoms with E-state index in [0.717, 1.165) is 16.6 Å². The average molecular weight is 277 g/mol. The number of nitrogens with two attached hydrogens (primary N) is 1. The number of fused-ring (bicyclic) bond motifs is 1. The Balaban J connectivity index is 1.79. The lowest BCUT2D eigenvalue weighted by Gasteiger charge is -2.12. The van der Waals surface area contributed by atoms with Gasteiger partial charge in [-0.05, 0) is 30.5 Å². The largest absolute Gasteiger partial charge is 0.399 e. The number of anilines is 2. The van der Waals surface area contributed by atoms with E-state index in [0.29, 0.717) is 17.4 Å². The summed E-state index contributed by atoms with van der Waals surface area (Å²) in [7, 11) is 0. The maximum atomic E-state index is 12.1. The van der Waals surface area contributed by atoms with Crippen LogP contribution in [0.1, 0.15) is 13.3 Å². The zero-order chi connectivity index (χ0) is 13.4. The minimum absolute atomic E-state index is 0.114. The fourth-order valence-electron chi connectivity index (χ4n) is 2.20. The van der Waals surface area contributed by atoms with Gasteiger partial charge in [-0.3, -0.25) is 10.1 Å². The Hall–Kier alpha value is -1.66. The van der Waals surface area contributed by atoms with Crippen LogP contribution in [0.5, 0.6) is 0 Å². The highest BCUT2D eigenvalue weighted by molar-refractivity contribution is 7.22. The van der Waals surface area contributed by atoms with Crippen LogP contribution in [0.4, 0.5) is 10.8 Å². The molecule has 0 radical (unpaired) electrons. The number of nitrogens with one attached hydrogen (secondary N) is 1. The van der Waals surface area contributed by atoms with Crippen molar-refractivity contribution in [3.05, 3.63) is 18.2 Å². The highest BCUT2D eigenvalue weighted by Crippen LogP contribution is 2.28. The van der Waals surface area contributed by atoms with Gasteiger partial charge in [0.1, 0.15) is 6.10 Å². The Morgan fingerprint density at radius 3 is 3.16 bits per heavy atom. The molecule has 1 amide bonds. The molecule has 5 nitrogen and oxygen atoms in total. The van der Waals surface area contributed by atoms with Crippen LogP contribution in [0.15, 0.2) is 18.2 Å². The maximum Gasteiger partial charge on any atom is 0.255 e. The molecule has 0 aliphatic carbocycles. The molecule has 2 aromatic rings. The molecule has 19 heavy (non-hydrogen) atoms. The summed E-state index contributed by atoms with van der Waals surface area (Å²) in [5, 5.41) is 3.42. The summed E-state index contributed by atoms with van der Waals surface area (Å²) in [5.41, 5.74) is 7.26. The van der Waals surface area contributed by atoms with Crippen LogP contribution in [-0.2, 0) is 9.53 Å². The molecule has 1 saturated heterocycles. The van der Waals surface area contributed by atoms with Gasteiger partial charge in [0.2, 0.25) is 0 Å². The van der Waals surface area contributed by atoms with E-state index in [2.05, 4.69) is 10.3 Å². The number of benzene rings is 1. The second kappa shape index (κ2) is 4.79. The first-order valence-electron chi connectivity index (χ1n) is 6.22. The first-order valence-corrected chi connectivity index (χ1v) is 7.03. The minimum atomic E-state index is -0.364. The van der Waals surface area contributed by atoms with E-state index in [9.17, 15) is 4.79 Å². The molecule has 2 atom stereocenters. The number of amides is 1.